The number of halogens is 1. The summed E-state index contributed by atoms with van der Waals surface area (Å²) in [6.07, 6.45) is 4.64. The highest BCUT2D eigenvalue weighted by Crippen LogP contribution is 2.27. The number of amides is 1. The monoisotopic (exact) mass is 311 g/mol. The number of hydrogen-bond acceptors (Lipinski definition) is 3. The molecule has 5 nitrogen and oxygen atoms in total. The van der Waals surface area contributed by atoms with Crippen LogP contribution in [0.15, 0.2) is 18.2 Å². The fourth-order valence-electron chi connectivity index (χ4n) is 2.76. The highest BCUT2D eigenvalue weighted by molar-refractivity contribution is 6.31. The van der Waals surface area contributed by atoms with Crippen molar-refractivity contribution in [3.8, 4) is 5.75 Å². The molecule has 3 N–H and O–H groups in total. The quantitative estimate of drug-likeness (QED) is 0.798. The van der Waals surface area contributed by atoms with Gasteiger partial charge in [0, 0.05) is 5.02 Å². The molecule has 0 aromatic heterocycles. The van der Waals surface area contributed by atoms with E-state index in [0.717, 1.165) is 32.1 Å². The van der Waals surface area contributed by atoms with Crippen LogP contribution >= 0.6 is 11.6 Å². The second kappa shape index (κ2) is 6.80. The molecule has 1 aliphatic carbocycles. The summed E-state index contributed by atoms with van der Waals surface area (Å²) in [6, 6.07) is 3.17. The van der Waals surface area contributed by atoms with Crippen LogP contribution in [0.4, 0.5) is 0 Å². The van der Waals surface area contributed by atoms with Crippen LogP contribution in [-0.4, -0.2) is 28.1 Å². The van der Waals surface area contributed by atoms with E-state index < -0.39 is 17.9 Å². The summed E-state index contributed by atoms with van der Waals surface area (Å²) in [4.78, 5) is 23.6. The predicted molar refractivity (Wildman–Crippen MR) is 78.6 cm³/mol. The Morgan fingerprint density at radius 1 is 1.24 bits per heavy atom. The van der Waals surface area contributed by atoms with E-state index in [1.165, 1.54) is 18.2 Å². The second-order valence-corrected chi connectivity index (χ2v) is 5.79. The van der Waals surface area contributed by atoms with E-state index >= 15 is 0 Å². The number of benzene rings is 1. The van der Waals surface area contributed by atoms with Crippen LogP contribution in [0.2, 0.25) is 5.02 Å². The lowest BCUT2D eigenvalue weighted by Crippen LogP contribution is -2.46. The third-order valence-electron chi connectivity index (χ3n) is 3.88. The molecule has 114 valence electrons. The zero-order chi connectivity index (χ0) is 15.4. The number of phenolic OH excluding ortho intramolecular Hbond substituents is 1. The maximum atomic E-state index is 12.2. The van der Waals surface area contributed by atoms with Crippen molar-refractivity contribution in [2.75, 3.05) is 0 Å². The zero-order valence-electron chi connectivity index (χ0n) is 11.5. The van der Waals surface area contributed by atoms with Crippen LogP contribution in [0.1, 0.15) is 42.5 Å². The number of carbonyl (C=O) groups is 2. The molecular weight excluding hydrogens is 294 g/mol. The van der Waals surface area contributed by atoms with Gasteiger partial charge in [-0.2, -0.15) is 0 Å². The first kappa shape index (κ1) is 15.6. The number of carbonyl (C=O) groups excluding carboxylic acids is 1. The van der Waals surface area contributed by atoms with Crippen molar-refractivity contribution in [1.29, 1.82) is 0 Å². The summed E-state index contributed by atoms with van der Waals surface area (Å²) in [6.45, 7) is 0. The van der Waals surface area contributed by atoms with E-state index in [-0.39, 0.29) is 17.2 Å². The number of phenols is 1. The topological polar surface area (TPSA) is 86.6 Å². The van der Waals surface area contributed by atoms with Crippen molar-refractivity contribution in [2.24, 2.45) is 5.92 Å². The molecule has 0 heterocycles. The summed E-state index contributed by atoms with van der Waals surface area (Å²) in [5.41, 5.74) is -0.00967. The average molecular weight is 312 g/mol. The van der Waals surface area contributed by atoms with Crippen LogP contribution in [0, 0.1) is 5.92 Å². The molecule has 1 aromatic carbocycles. The van der Waals surface area contributed by atoms with Crippen molar-refractivity contribution in [3.63, 3.8) is 0 Å². The minimum atomic E-state index is -1.04. The number of carboxylic acid groups (broad SMARTS) is 1. The van der Waals surface area contributed by atoms with Gasteiger partial charge in [-0.25, -0.2) is 4.79 Å². The lowest BCUT2D eigenvalue weighted by molar-refractivity contribution is -0.141. The van der Waals surface area contributed by atoms with E-state index in [4.69, 9.17) is 11.6 Å². The van der Waals surface area contributed by atoms with Crippen LogP contribution in [0.25, 0.3) is 0 Å². The number of aliphatic carboxylic acids is 1. The zero-order valence-corrected chi connectivity index (χ0v) is 12.3. The Bertz CT molecular complexity index is 540. The van der Waals surface area contributed by atoms with Gasteiger partial charge in [0.05, 0.1) is 5.56 Å². The number of hydrogen-bond donors (Lipinski definition) is 3. The lowest BCUT2D eigenvalue weighted by atomic mass is 9.84. The highest BCUT2D eigenvalue weighted by Gasteiger charge is 2.31. The van der Waals surface area contributed by atoms with Gasteiger partial charge in [-0.3, -0.25) is 4.79 Å². The van der Waals surface area contributed by atoms with Crippen LogP contribution in [0.5, 0.6) is 5.75 Å². The number of nitrogens with one attached hydrogen (secondary N) is 1. The SMILES string of the molecule is O=C(NC(C(=O)O)C1CCCCC1)c1cc(Cl)ccc1O. The van der Waals surface area contributed by atoms with Crippen LogP contribution < -0.4 is 5.32 Å². The lowest BCUT2D eigenvalue weighted by Gasteiger charge is -2.28. The third kappa shape index (κ3) is 3.88. The largest absolute Gasteiger partial charge is 0.507 e. The van der Waals surface area contributed by atoms with Gasteiger partial charge in [0.1, 0.15) is 11.8 Å². The molecule has 1 atom stereocenters. The van der Waals surface area contributed by atoms with Crippen LogP contribution in [-0.2, 0) is 4.79 Å². The van der Waals surface area contributed by atoms with Gasteiger partial charge in [-0.05, 0) is 37.0 Å². The van der Waals surface area contributed by atoms with Gasteiger partial charge in [0.15, 0.2) is 0 Å². The fourth-order valence-corrected chi connectivity index (χ4v) is 2.93. The maximum Gasteiger partial charge on any atom is 0.326 e. The van der Waals surface area contributed by atoms with Gasteiger partial charge in [-0.1, -0.05) is 30.9 Å². The van der Waals surface area contributed by atoms with E-state index in [0.29, 0.717) is 5.02 Å². The van der Waals surface area contributed by atoms with Gasteiger partial charge in [-0.15, -0.1) is 0 Å². The molecule has 1 fully saturated rings. The fraction of sp³-hybridized carbons (Fsp3) is 0.467. The predicted octanol–water partition coefficient (Wildman–Crippen LogP) is 2.81. The van der Waals surface area contributed by atoms with E-state index in [1.807, 2.05) is 0 Å². The molecule has 0 spiro atoms. The molecule has 0 radical (unpaired) electrons. The third-order valence-corrected chi connectivity index (χ3v) is 4.11. The molecule has 21 heavy (non-hydrogen) atoms. The van der Waals surface area contributed by atoms with Crippen molar-refractivity contribution in [1.82, 2.24) is 5.32 Å². The van der Waals surface area contributed by atoms with Gasteiger partial charge < -0.3 is 15.5 Å². The Hall–Kier alpha value is -1.75. The molecule has 2 rings (SSSR count). The molecule has 0 bridgehead atoms. The number of aromatic hydroxyl groups is 1. The summed E-state index contributed by atoms with van der Waals surface area (Å²) < 4.78 is 0. The first-order valence-electron chi connectivity index (χ1n) is 7.01. The summed E-state index contributed by atoms with van der Waals surface area (Å²) in [7, 11) is 0. The molecule has 1 amide bonds. The summed E-state index contributed by atoms with van der Waals surface area (Å²) >= 11 is 5.80. The van der Waals surface area contributed by atoms with Gasteiger partial charge in [0.25, 0.3) is 5.91 Å². The first-order valence-corrected chi connectivity index (χ1v) is 7.39. The van der Waals surface area contributed by atoms with Crippen LogP contribution in [0.3, 0.4) is 0 Å². The molecule has 6 heteroatoms. The minimum Gasteiger partial charge on any atom is -0.507 e. The Morgan fingerprint density at radius 3 is 2.52 bits per heavy atom. The average Bonchev–Trinajstić information content (AvgIpc) is 2.47. The van der Waals surface area contributed by atoms with E-state index in [9.17, 15) is 19.8 Å². The van der Waals surface area contributed by atoms with Gasteiger partial charge >= 0.3 is 5.97 Å². The molecule has 1 aromatic rings. The summed E-state index contributed by atoms with van der Waals surface area (Å²) in [5.74, 6) is -1.95. The van der Waals surface area contributed by atoms with Gasteiger partial charge in [0.2, 0.25) is 0 Å². The second-order valence-electron chi connectivity index (χ2n) is 5.35. The van der Waals surface area contributed by atoms with Crippen molar-refractivity contribution < 1.29 is 19.8 Å². The Labute approximate surface area is 127 Å². The van der Waals surface area contributed by atoms with Crippen molar-refractivity contribution in [2.45, 2.75) is 38.1 Å². The van der Waals surface area contributed by atoms with Crippen molar-refractivity contribution in [3.05, 3.63) is 28.8 Å². The standard InChI is InChI=1S/C15H18ClNO4/c16-10-6-7-12(18)11(8-10)14(19)17-13(15(20)21)9-4-2-1-3-5-9/h6-9,13,18H,1-5H2,(H,17,19)(H,20,21). The number of carboxylic acids is 1. The first-order chi connectivity index (χ1) is 9.99. The molecule has 0 aliphatic heterocycles. The molecular formula is C15H18ClNO4. The Balaban J connectivity index is 2.14. The van der Waals surface area contributed by atoms with E-state index in [1.54, 1.807) is 0 Å². The summed E-state index contributed by atoms with van der Waals surface area (Å²) in [5, 5.41) is 21.9. The smallest absolute Gasteiger partial charge is 0.326 e. The molecule has 1 saturated carbocycles. The highest BCUT2D eigenvalue weighted by atomic mass is 35.5. The normalized spacial score (nSPS) is 17.2. The maximum absolute atomic E-state index is 12.2. The molecule has 0 saturated heterocycles. The Kier molecular flexibility index (Phi) is 5.07. The van der Waals surface area contributed by atoms with Crippen molar-refractivity contribution >= 4 is 23.5 Å². The molecule has 1 unspecified atom stereocenters. The minimum absolute atomic E-state index is 0.00967. The van der Waals surface area contributed by atoms with E-state index in [2.05, 4.69) is 5.32 Å². The Morgan fingerprint density at radius 2 is 1.90 bits per heavy atom. The molecule has 1 aliphatic rings. The number of rotatable bonds is 4.